The van der Waals surface area contributed by atoms with Gasteiger partial charge in [-0.25, -0.2) is 4.98 Å². The predicted molar refractivity (Wildman–Crippen MR) is 98.9 cm³/mol. The molecule has 7 nitrogen and oxygen atoms in total. The van der Waals surface area contributed by atoms with Crippen molar-refractivity contribution in [1.82, 2.24) is 15.3 Å². The number of hydrogen-bond donors (Lipinski definition) is 2. The number of dihydropyridines is 1. The predicted octanol–water partition coefficient (Wildman–Crippen LogP) is 3.01. The SMILES string of the molecule is CC1=C(C#N)C(c2cccc(C(=O)Nc3cccnc3)n2)C(C#N)=C(C)N1. The van der Waals surface area contributed by atoms with Crippen molar-refractivity contribution < 1.29 is 4.79 Å². The third-order valence-electron chi connectivity index (χ3n) is 4.22. The lowest BCUT2D eigenvalue weighted by Crippen LogP contribution is -2.24. The second-order valence-electron chi connectivity index (χ2n) is 6.00. The molecule has 0 bridgehead atoms. The van der Waals surface area contributed by atoms with Gasteiger partial charge in [0.1, 0.15) is 5.69 Å². The Morgan fingerprint density at radius 1 is 1.11 bits per heavy atom. The number of carbonyl (C=O) groups excluding carboxylic acids is 1. The Balaban J connectivity index is 1.99. The molecule has 0 aromatic carbocycles. The van der Waals surface area contributed by atoms with Crippen molar-refractivity contribution >= 4 is 11.6 Å². The summed E-state index contributed by atoms with van der Waals surface area (Å²) in [5, 5.41) is 24.9. The van der Waals surface area contributed by atoms with Crippen molar-refractivity contribution in [3.05, 3.63) is 76.7 Å². The zero-order valence-corrected chi connectivity index (χ0v) is 14.8. The second kappa shape index (κ2) is 7.51. The van der Waals surface area contributed by atoms with E-state index in [1.165, 1.54) is 6.20 Å². The fourth-order valence-electron chi connectivity index (χ4n) is 2.96. The molecule has 1 aliphatic heterocycles. The number of nitrogens with one attached hydrogen (secondary N) is 2. The molecular formula is C20H16N6O. The molecule has 0 aliphatic carbocycles. The van der Waals surface area contributed by atoms with Crippen molar-refractivity contribution in [1.29, 1.82) is 10.5 Å². The maximum Gasteiger partial charge on any atom is 0.274 e. The first-order valence-electron chi connectivity index (χ1n) is 8.22. The van der Waals surface area contributed by atoms with Gasteiger partial charge in [0.05, 0.1) is 46.8 Å². The van der Waals surface area contributed by atoms with Crippen LogP contribution in [-0.2, 0) is 0 Å². The van der Waals surface area contributed by atoms with Crippen LogP contribution in [0.1, 0.15) is 35.9 Å². The Kier molecular flexibility index (Phi) is 4.96. The molecule has 0 saturated carbocycles. The van der Waals surface area contributed by atoms with Gasteiger partial charge >= 0.3 is 0 Å². The summed E-state index contributed by atoms with van der Waals surface area (Å²) in [6.45, 7) is 3.56. The van der Waals surface area contributed by atoms with Gasteiger partial charge in [0.15, 0.2) is 0 Å². The number of nitrogens with zero attached hydrogens (tertiary/aromatic N) is 4. The molecule has 0 atom stereocenters. The highest BCUT2D eigenvalue weighted by molar-refractivity contribution is 6.02. The van der Waals surface area contributed by atoms with E-state index in [4.69, 9.17) is 0 Å². The van der Waals surface area contributed by atoms with Gasteiger partial charge in [-0.2, -0.15) is 10.5 Å². The number of carbonyl (C=O) groups is 1. The summed E-state index contributed by atoms with van der Waals surface area (Å²) in [4.78, 5) is 20.9. The van der Waals surface area contributed by atoms with Crippen molar-refractivity contribution in [3.63, 3.8) is 0 Å². The smallest absolute Gasteiger partial charge is 0.274 e. The minimum absolute atomic E-state index is 0.194. The molecule has 0 unspecified atom stereocenters. The zero-order valence-electron chi connectivity index (χ0n) is 14.8. The van der Waals surface area contributed by atoms with E-state index in [9.17, 15) is 15.3 Å². The fourth-order valence-corrected chi connectivity index (χ4v) is 2.96. The van der Waals surface area contributed by atoms with Crippen molar-refractivity contribution in [2.24, 2.45) is 0 Å². The third-order valence-corrected chi connectivity index (χ3v) is 4.22. The molecule has 1 aliphatic rings. The van der Waals surface area contributed by atoms with Crippen LogP contribution in [0.5, 0.6) is 0 Å². The molecule has 0 radical (unpaired) electrons. The lowest BCUT2D eigenvalue weighted by molar-refractivity contribution is 0.102. The largest absolute Gasteiger partial charge is 0.361 e. The van der Waals surface area contributed by atoms with Crippen LogP contribution < -0.4 is 10.6 Å². The monoisotopic (exact) mass is 356 g/mol. The molecule has 3 rings (SSSR count). The summed E-state index contributed by atoms with van der Waals surface area (Å²) >= 11 is 0. The lowest BCUT2D eigenvalue weighted by atomic mass is 9.84. The fraction of sp³-hybridized carbons (Fsp3) is 0.150. The molecule has 2 N–H and O–H groups in total. The van der Waals surface area contributed by atoms with Crippen molar-refractivity contribution in [3.8, 4) is 12.1 Å². The van der Waals surface area contributed by atoms with E-state index in [-0.39, 0.29) is 5.69 Å². The van der Waals surface area contributed by atoms with Gasteiger partial charge in [-0.05, 0) is 38.1 Å². The molecule has 0 fully saturated rings. The van der Waals surface area contributed by atoms with Crippen LogP contribution >= 0.6 is 0 Å². The molecule has 2 aromatic rings. The van der Waals surface area contributed by atoms with E-state index in [2.05, 4.69) is 32.7 Å². The van der Waals surface area contributed by atoms with E-state index >= 15 is 0 Å². The molecule has 1 amide bonds. The first-order chi connectivity index (χ1) is 13.0. The van der Waals surface area contributed by atoms with Gasteiger partial charge < -0.3 is 10.6 Å². The number of aromatic nitrogens is 2. The first kappa shape index (κ1) is 17.8. The van der Waals surface area contributed by atoms with Crippen LogP contribution in [0.4, 0.5) is 5.69 Å². The molecule has 0 saturated heterocycles. The quantitative estimate of drug-likeness (QED) is 0.873. The Morgan fingerprint density at radius 3 is 2.41 bits per heavy atom. The summed E-state index contributed by atoms with van der Waals surface area (Å²) < 4.78 is 0. The van der Waals surface area contributed by atoms with E-state index in [0.717, 1.165) is 0 Å². The van der Waals surface area contributed by atoms with Crippen LogP contribution in [0.2, 0.25) is 0 Å². The highest BCUT2D eigenvalue weighted by atomic mass is 16.1. The average Bonchev–Trinajstić information content (AvgIpc) is 2.68. The van der Waals surface area contributed by atoms with E-state index < -0.39 is 11.8 Å². The molecule has 7 heteroatoms. The topological polar surface area (TPSA) is 114 Å². The van der Waals surface area contributed by atoms with Crippen LogP contribution in [-0.4, -0.2) is 15.9 Å². The molecule has 2 aromatic heterocycles. The highest BCUT2D eigenvalue weighted by Gasteiger charge is 2.30. The van der Waals surface area contributed by atoms with Crippen LogP contribution in [0.15, 0.2) is 65.3 Å². The summed E-state index contributed by atoms with van der Waals surface area (Å²) in [6.07, 6.45) is 3.15. The van der Waals surface area contributed by atoms with Gasteiger partial charge in [-0.15, -0.1) is 0 Å². The van der Waals surface area contributed by atoms with Gasteiger partial charge in [0.2, 0.25) is 0 Å². The minimum Gasteiger partial charge on any atom is -0.361 e. The number of rotatable bonds is 3. The maximum absolute atomic E-state index is 12.5. The summed E-state index contributed by atoms with van der Waals surface area (Å²) in [6, 6.07) is 12.7. The van der Waals surface area contributed by atoms with Crippen LogP contribution in [0.25, 0.3) is 0 Å². The second-order valence-corrected chi connectivity index (χ2v) is 6.00. The Hall–Kier alpha value is -3.97. The van der Waals surface area contributed by atoms with E-state index in [1.54, 1.807) is 50.4 Å². The summed E-state index contributed by atoms with van der Waals surface area (Å²) in [5.74, 6) is -0.996. The number of amides is 1. The number of pyridine rings is 2. The average molecular weight is 356 g/mol. The number of anilines is 1. The van der Waals surface area contributed by atoms with Gasteiger partial charge in [0, 0.05) is 17.6 Å². The Bertz CT molecular complexity index is 1000. The third kappa shape index (κ3) is 3.53. The van der Waals surface area contributed by atoms with E-state index in [1.807, 2.05) is 0 Å². The molecule has 132 valence electrons. The van der Waals surface area contributed by atoms with E-state index in [0.29, 0.717) is 33.9 Å². The zero-order chi connectivity index (χ0) is 19.4. The summed E-state index contributed by atoms with van der Waals surface area (Å²) in [7, 11) is 0. The molecule has 3 heterocycles. The Morgan fingerprint density at radius 2 is 1.81 bits per heavy atom. The summed E-state index contributed by atoms with van der Waals surface area (Å²) in [5.41, 5.74) is 3.39. The van der Waals surface area contributed by atoms with Gasteiger partial charge in [-0.3, -0.25) is 9.78 Å². The molecule has 0 spiro atoms. The van der Waals surface area contributed by atoms with Crippen molar-refractivity contribution in [2.75, 3.05) is 5.32 Å². The highest BCUT2D eigenvalue weighted by Crippen LogP contribution is 2.36. The lowest BCUT2D eigenvalue weighted by Gasteiger charge is -2.25. The number of allylic oxidation sites excluding steroid dienone is 4. The van der Waals surface area contributed by atoms with Crippen LogP contribution in [0.3, 0.4) is 0 Å². The normalized spacial score (nSPS) is 14.2. The van der Waals surface area contributed by atoms with Gasteiger partial charge in [0.25, 0.3) is 5.91 Å². The van der Waals surface area contributed by atoms with Gasteiger partial charge in [-0.1, -0.05) is 6.07 Å². The molecule has 27 heavy (non-hydrogen) atoms. The Labute approximate surface area is 156 Å². The molecular weight excluding hydrogens is 340 g/mol. The maximum atomic E-state index is 12.5. The number of nitriles is 2. The van der Waals surface area contributed by atoms with Crippen LogP contribution in [0, 0.1) is 22.7 Å². The minimum atomic E-state index is -0.604. The first-order valence-corrected chi connectivity index (χ1v) is 8.22. The standard InChI is InChI=1S/C20H16N6O/c1-12-15(9-21)19(16(10-22)13(2)24-12)17-6-3-7-18(26-17)20(27)25-14-5-4-8-23-11-14/h3-8,11,19,24H,1-2H3,(H,25,27). The number of hydrogen-bond acceptors (Lipinski definition) is 6. The van der Waals surface area contributed by atoms with Crippen molar-refractivity contribution in [2.45, 2.75) is 19.8 Å².